The zero-order chi connectivity index (χ0) is 14.5. The molecule has 1 fully saturated rings. The molecule has 20 heavy (non-hydrogen) atoms. The van der Waals surface area contributed by atoms with Gasteiger partial charge in [0.2, 0.25) is 5.91 Å². The number of carbonyl (C=O) groups is 1. The fraction of sp³-hybridized carbons (Fsp3) is 0.938. The van der Waals surface area contributed by atoms with Crippen LogP contribution in [0.5, 0.6) is 0 Å². The van der Waals surface area contributed by atoms with Gasteiger partial charge in [0, 0.05) is 26.1 Å². The summed E-state index contributed by atoms with van der Waals surface area (Å²) in [5.74, 6) is 0.225. The van der Waals surface area contributed by atoms with E-state index < -0.39 is 0 Å². The van der Waals surface area contributed by atoms with Crippen LogP contribution in [0.1, 0.15) is 58.3 Å². The van der Waals surface area contributed by atoms with E-state index in [2.05, 4.69) is 17.1 Å². The fourth-order valence-electron chi connectivity index (χ4n) is 2.51. The number of nitrogens with one attached hydrogen (secondary N) is 1. The molecule has 1 heterocycles. The van der Waals surface area contributed by atoms with Gasteiger partial charge in [0.25, 0.3) is 0 Å². The van der Waals surface area contributed by atoms with Crippen LogP contribution in [0.25, 0.3) is 0 Å². The normalized spacial score (nSPS) is 16.2. The summed E-state index contributed by atoms with van der Waals surface area (Å²) >= 11 is 0. The molecule has 0 spiro atoms. The summed E-state index contributed by atoms with van der Waals surface area (Å²) in [4.78, 5) is 14.0. The summed E-state index contributed by atoms with van der Waals surface area (Å²) in [6.45, 7) is 7.88. The molecule has 0 aliphatic carbocycles. The minimum absolute atomic E-state index is 0.225. The highest BCUT2D eigenvalue weighted by molar-refractivity contribution is 5.75. The Labute approximate surface area is 124 Å². The maximum Gasteiger partial charge on any atom is 0.219 e. The lowest BCUT2D eigenvalue weighted by Crippen LogP contribution is -2.38. The summed E-state index contributed by atoms with van der Waals surface area (Å²) in [7, 11) is 0. The SMILES string of the molecule is CCCCCCCCC(=O)NCCCN1CCOCC1. The Hall–Kier alpha value is -0.610. The van der Waals surface area contributed by atoms with Gasteiger partial charge >= 0.3 is 0 Å². The Bertz CT molecular complexity index is 241. The maximum absolute atomic E-state index is 11.6. The van der Waals surface area contributed by atoms with Gasteiger partial charge in [-0.05, 0) is 19.4 Å². The van der Waals surface area contributed by atoms with E-state index in [1.807, 2.05) is 0 Å². The van der Waals surface area contributed by atoms with Crippen molar-refractivity contribution in [3.05, 3.63) is 0 Å². The molecule has 0 saturated carbocycles. The molecule has 1 aliphatic heterocycles. The first kappa shape index (κ1) is 17.4. The smallest absolute Gasteiger partial charge is 0.219 e. The minimum atomic E-state index is 0.225. The molecule has 0 bridgehead atoms. The molecule has 4 nitrogen and oxygen atoms in total. The first-order valence-electron chi connectivity index (χ1n) is 8.39. The van der Waals surface area contributed by atoms with Gasteiger partial charge < -0.3 is 10.1 Å². The van der Waals surface area contributed by atoms with Crippen molar-refractivity contribution in [1.82, 2.24) is 10.2 Å². The van der Waals surface area contributed by atoms with Crippen molar-refractivity contribution in [2.45, 2.75) is 58.3 Å². The molecule has 1 N–H and O–H groups in total. The van der Waals surface area contributed by atoms with Gasteiger partial charge in [-0.3, -0.25) is 9.69 Å². The van der Waals surface area contributed by atoms with Crippen molar-refractivity contribution in [1.29, 1.82) is 0 Å². The molecule has 118 valence electrons. The number of rotatable bonds is 11. The number of hydrogen-bond donors (Lipinski definition) is 1. The molecule has 0 unspecified atom stereocenters. The van der Waals surface area contributed by atoms with Gasteiger partial charge in [0.05, 0.1) is 13.2 Å². The Kier molecular flexibility index (Phi) is 10.6. The lowest BCUT2D eigenvalue weighted by Gasteiger charge is -2.26. The van der Waals surface area contributed by atoms with E-state index in [1.54, 1.807) is 0 Å². The lowest BCUT2D eigenvalue weighted by molar-refractivity contribution is -0.121. The number of amides is 1. The molecule has 1 rings (SSSR count). The Morgan fingerprint density at radius 2 is 1.75 bits per heavy atom. The number of morpholine rings is 1. The molecular formula is C16H32N2O2. The van der Waals surface area contributed by atoms with Crippen LogP contribution in [-0.4, -0.2) is 50.2 Å². The van der Waals surface area contributed by atoms with Gasteiger partial charge in [0.1, 0.15) is 0 Å². The predicted molar refractivity (Wildman–Crippen MR) is 82.9 cm³/mol. The zero-order valence-corrected chi connectivity index (χ0v) is 13.2. The van der Waals surface area contributed by atoms with Crippen molar-refractivity contribution < 1.29 is 9.53 Å². The molecule has 1 saturated heterocycles. The highest BCUT2D eigenvalue weighted by Crippen LogP contribution is 2.06. The van der Waals surface area contributed by atoms with Gasteiger partial charge in [-0.15, -0.1) is 0 Å². The molecular weight excluding hydrogens is 252 g/mol. The summed E-state index contributed by atoms with van der Waals surface area (Å²) in [6, 6.07) is 0. The summed E-state index contributed by atoms with van der Waals surface area (Å²) in [5, 5.41) is 3.03. The van der Waals surface area contributed by atoms with E-state index in [1.165, 1.54) is 32.1 Å². The molecule has 0 radical (unpaired) electrons. The minimum Gasteiger partial charge on any atom is -0.379 e. The van der Waals surface area contributed by atoms with E-state index in [4.69, 9.17) is 4.74 Å². The molecule has 0 atom stereocenters. The van der Waals surface area contributed by atoms with E-state index >= 15 is 0 Å². The molecule has 4 heteroatoms. The summed E-state index contributed by atoms with van der Waals surface area (Å²) in [6.07, 6.45) is 9.18. The van der Waals surface area contributed by atoms with Crippen molar-refractivity contribution in [2.24, 2.45) is 0 Å². The largest absolute Gasteiger partial charge is 0.379 e. The van der Waals surface area contributed by atoms with Gasteiger partial charge in [0.15, 0.2) is 0 Å². The van der Waals surface area contributed by atoms with Crippen LogP contribution in [0.15, 0.2) is 0 Å². The molecule has 1 aliphatic rings. The van der Waals surface area contributed by atoms with Gasteiger partial charge in [-0.25, -0.2) is 0 Å². The zero-order valence-electron chi connectivity index (χ0n) is 13.2. The van der Waals surface area contributed by atoms with Crippen LogP contribution >= 0.6 is 0 Å². The Morgan fingerprint density at radius 1 is 1.05 bits per heavy atom. The number of unbranched alkanes of at least 4 members (excludes halogenated alkanes) is 5. The highest BCUT2D eigenvalue weighted by Gasteiger charge is 2.09. The fourth-order valence-corrected chi connectivity index (χ4v) is 2.51. The Morgan fingerprint density at radius 3 is 2.50 bits per heavy atom. The molecule has 0 aromatic carbocycles. The molecule has 0 aromatic rings. The third-order valence-electron chi connectivity index (χ3n) is 3.83. The third-order valence-corrected chi connectivity index (χ3v) is 3.83. The molecule has 0 aromatic heterocycles. The molecule has 1 amide bonds. The standard InChI is InChI=1S/C16H32N2O2/c1-2-3-4-5-6-7-9-16(19)17-10-8-11-18-12-14-20-15-13-18/h2-15H2,1H3,(H,17,19). The topological polar surface area (TPSA) is 41.6 Å². The van der Waals surface area contributed by atoms with E-state index in [9.17, 15) is 4.79 Å². The van der Waals surface area contributed by atoms with E-state index in [-0.39, 0.29) is 5.91 Å². The van der Waals surface area contributed by atoms with Crippen molar-refractivity contribution in [3.63, 3.8) is 0 Å². The third kappa shape index (κ3) is 9.32. The second-order valence-corrected chi connectivity index (χ2v) is 5.68. The van der Waals surface area contributed by atoms with E-state index in [0.29, 0.717) is 6.42 Å². The first-order chi connectivity index (χ1) is 9.83. The predicted octanol–water partition coefficient (Wildman–Crippen LogP) is 2.58. The van der Waals surface area contributed by atoms with Gasteiger partial charge in [-0.1, -0.05) is 39.0 Å². The van der Waals surface area contributed by atoms with Crippen LogP contribution < -0.4 is 5.32 Å². The van der Waals surface area contributed by atoms with Crippen molar-refractivity contribution in [3.8, 4) is 0 Å². The maximum atomic E-state index is 11.6. The van der Waals surface area contributed by atoms with Crippen LogP contribution in [0.3, 0.4) is 0 Å². The van der Waals surface area contributed by atoms with Crippen LogP contribution in [0.4, 0.5) is 0 Å². The number of hydrogen-bond acceptors (Lipinski definition) is 3. The second-order valence-electron chi connectivity index (χ2n) is 5.68. The summed E-state index contributed by atoms with van der Waals surface area (Å²) in [5.41, 5.74) is 0. The van der Waals surface area contributed by atoms with E-state index in [0.717, 1.165) is 52.2 Å². The Balaban J connectivity index is 1.84. The highest BCUT2D eigenvalue weighted by atomic mass is 16.5. The van der Waals surface area contributed by atoms with Gasteiger partial charge in [-0.2, -0.15) is 0 Å². The number of nitrogens with zero attached hydrogens (tertiary/aromatic N) is 1. The van der Waals surface area contributed by atoms with Crippen LogP contribution in [0.2, 0.25) is 0 Å². The first-order valence-corrected chi connectivity index (χ1v) is 8.39. The van der Waals surface area contributed by atoms with Crippen LogP contribution in [-0.2, 0) is 9.53 Å². The lowest BCUT2D eigenvalue weighted by atomic mass is 10.1. The summed E-state index contributed by atoms with van der Waals surface area (Å²) < 4.78 is 5.31. The van der Waals surface area contributed by atoms with Crippen LogP contribution in [0, 0.1) is 0 Å². The van der Waals surface area contributed by atoms with Crippen molar-refractivity contribution in [2.75, 3.05) is 39.4 Å². The van der Waals surface area contributed by atoms with Crippen molar-refractivity contribution >= 4 is 5.91 Å². The number of carbonyl (C=O) groups excluding carboxylic acids is 1. The average molecular weight is 284 g/mol. The number of ether oxygens (including phenoxy) is 1. The average Bonchev–Trinajstić information content (AvgIpc) is 2.48. The monoisotopic (exact) mass is 284 g/mol. The second kappa shape index (κ2) is 12.2. The quantitative estimate of drug-likeness (QED) is 0.593.